The molecule has 8 nitrogen and oxygen atoms in total. The first kappa shape index (κ1) is 30.4. The second kappa shape index (κ2) is 12.0. The molecule has 0 spiro atoms. The lowest BCUT2D eigenvalue weighted by Crippen LogP contribution is -2.57. The van der Waals surface area contributed by atoms with Crippen LogP contribution >= 0.6 is 23.2 Å². The molecule has 1 aliphatic heterocycles. The van der Waals surface area contributed by atoms with E-state index in [9.17, 15) is 9.59 Å². The van der Waals surface area contributed by atoms with E-state index in [0.717, 1.165) is 12.8 Å². The average Bonchev–Trinajstić information content (AvgIpc) is 3.66. The van der Waals surface area contributed by atoms with Crippen LogP contribution in [0.2, 0.25) is 10.0 Å². The number of nitrogens with zero attached hydrogens (tertiary/aromatic N) is 2. The van der Waals surface area contributed by atoms with E-state index in [1.807, 2.05) is 13.8 Å². The van der Waals surface area contributed by atoms with E-state index < -0.39 is 23.2 Å². The number of esters is 1. The molecule has 1 saturated carbocycles. The third kappa shape index (κ3) is 5.53. The molecule has 3 aromatic carbocycles. The fraction of sp³-hybridized carbons (Fsp3) is 0.364. The number of carbonyl (C=O) groups is 2. The summed E-state index contributed by atoms with van der Waals surface area (Å²) in [4.78, 5) is 28.8. The Morgan fingerprint density at radius 1 is 1.16 bits per heavy atom. The molecule has 6 rings (SSSR count). The summed E-state index contributed by atoms with van der Waals surface area (Å²) in [6.45, 7) is 4.55. The molecule has 0 unspecified atom stereocenters. The molecule has 3 atom stereocenters. The van der Waals surface area contributed by atoms with Gasteiger partial charge in [0.15, 0.2) is 0 Å². The molecule has 2 heterocycles. The van der Waals surface area contributed by atoms with Gasteiger partial charge in [-0.2, -0.15) is 5.10 Å². The number of carbonyl (C=O) groups excluding carboxylic acids is 2. The maximum atomic E-state index is 15.6. The lowest BCUT2D eigenvalue weighted by Gasteiger charge is -2.40. The van der Waals surface area contributed by atoms with Crippen molar-refractivity contribution in [1.82, 2.24) is 15.1 Å². The number of hydrogen-bond donors (Lipinski definition) is 2. The number of fused-ring (bicyclic) bond motifs is 1. The van der Waals surface area contributed by atoms with Crippen molar-refractivity contribution < 1.29 is 23.5 Å². The lowest BCUT2D eigenvalue weighted by molar-refractivity contribution is -0.127. The molecule has 0 bridgehead atoms. The van der Waals surface area contributed by atoms with Crippen molar-refractivity contribution in [2.75, 3.05) is 25.6 Å². The Hall–Kier alpha value is -3.66. The maximum absolute atomic E-state index is 15.6. The third-order valence-corrected chi connectivity index (χ3v) is 9.57. The van der Waals surface area contributed by atoms with Crippen LogP contribution in [0.25, 0.3) is 10.9 Å². The zero-order chi connectivity index (χ0) is 31.2. The Balaban J connectivity index is 1.37. The fourth-order valence-electron chi connectivity index (χ4n) is 6.47. The van der Waals surface area contributed by atoms with Crippen LogP contribution in [0.15, 0.2) is 54.6 Å². The summed E-state index contributed by atoms with van der Waals surface area (Å²) >= 11 is 12.5. The number of H-pyrrole nitrogens is 1. The number of anilines is 1. The smallest absolute Gasteiger partial charge is 0.338 e. The van der Waals surface area contributed by atoms with Crippen LogP contribution in [-0.4, -0.2) is 58.8 Å². The standard InChI is InChI=1S/C33H33Cl2FN4O4/c1-18-23(31(41)43-3)12-13-27-28(18)30(39-38-27)44-17-22-15-25(24-8-5-9-26(35)29(24)36)33(2,40(22)16-19-10-11-19)32(42)37-21-7-4-6-20(34)14-21/h4-9,12-14,19,22,25H,10-11,15-17H2,1-3H3,(H,37,42)(H,38,39)/t22-,25-,33-/m1/s1. The van der Waals surface area contributed by atoms with Gasteiger partial charge in [0.1, 0.15) is 18.0 Å². The molecular formula is C33H33Cl2FN4O4. The van der Waals surface area contributed by atoms with Crippen LogP contribution in [0.3, 0.4) is 0 Å². The Bertz CT molecular complexity index is 1740. The number of hydrogen-bond acceptors (Lipinski definition) is 6. The van der Waals surface area contributed by atoms with Crippen molar-refractivity contribution in [1.29, 1.82) is 0 Å². The Labute approximate surface area is 264 Å². The summed E-state index contributed by atoms with van der Waals surface area (Å²) in [5.74, 6) is -0.930. The van der Waals surface area contributed by atoms with Gasteiger partial charge in [-0.1, -0.05) is 41.4 Å². The summed E-state index contributed by atoms with van der Waals surface area (Å²) in [7, 11) is 1.34. The summed E-state index contributed by atoms with van der Waals surface area (Å²) in [5.41, 5.74) is 1.55. The first-order valence-electron chi connectivity index (χ1n) is 14.6. The average molecular weight is 640 g/mol. The van der Waals surface area contributed by atoms with Crippen molar-refractivity contribution in [2.24, 2.45) is 5.92 Å². The minimum Gasteiger partial charge on any atom is -0.476 e. The van der Waals surface area contributed by atoms with E-state index in [1.165, 1.54) is 13.2 Å². The number of aryl methyl sites for hydroxylation is 1. The fourth-order valence-corrected chi connectivity index (χ4v) is 6.85. The molecule has 1 aliphatic carbocycles. The molecule has 0 radical (unpaired) electrons. The molecule has 2 aliphatic rings. The number of aromatic amines is 1. The molecule has 230 valence electrons. The molecular weight excluding hydrogens is 606 g/mol. The number of methoxy groups -OCH3 is 1. The summed E-state index contributed by atoms with van der Waals surface area (Å²) in [5, 5.41) is 11.6. The van der Waals surface area contributed by atoms with Crippen LogP contribution in [-0.2, 0) is 9.53 Å². The predicted molar refractivity (Wildman–Crippen MR) is 168 cm³/mol. The number of halogens is 3. The Morgan fingerprint density at radius 3 is 2.66 bits per heavy atom. The number of rotatable bonds is 9. The second-order valence-corrected chi connectivity index (χ2v) is 12.6. The van der Waals surface area contributed by atoms with E-state index in [-0.39, 0.29) is 23.6 Å². The largest absolute Gasteiger partial charge is 0.476 e. The number of ether oxygens (including phenoxy) is 2. The third-order valence-electron chi connectivity index (χ3n) is 9.05. The highest BCUT2D eigenvalue weighted by molar-refractivity contribution is 6.31. The SMILES string of the molecule is COC(=O)c1ccc2n[nH]c(OC[C@H]3C[C@H](c4cccc(Cl)c4F)[C@](C)(C(=O)Nc4cccc(Cl)c4)N3CC3CC3)c2c1C. The quantitative estimate of drug-likeness (QED) is 0.189. The van der Waals surface area contributed by atoms with Gasteiger partial charge in [0, 0.05) is 29.2 Å². The van der Waals surface area contributed by atoms with E-state index in [2.05, 4.69) is 20.4 Å². The lowest BCUT2D eigenvalue weighted by atomic mass is 9.79. The van der Waals surface area contributed by atoms with Gasteiger partial charge in [-0.25, -0.2) is 14.3 Å². The van der Waals surface area contributed by atoms with Gasteiger partial charge in [-0.15, -0.1) is 0 Å². The molecule has 1 amide bonds. The minimum absolute atomic E-state index is 0.00866. The van der Waals surface area contributed by atoms with Crippen LogP contribution in [0, 0.1) is 18.7 Å². The highest BCUT2D eigenvalue weighted by atomic mass is 35.5. The monoisotopic (exact) mass is 638 g/mol. The van der Waals surface area contributed by atoms with Gasteiger partial charge in [-0.05, 0) is 86.6 Å². The summed E-state index contributed by atoms with van der Waals surface area (Å²) < 4.78 is 27.0. The van der Waals surface area contributed by atoms with Crippen molar-refractivity contribution in [3.05, 3.63) is 87.2 Å². The second-order valence-electron chi connectivity index (χ2n) is 11.8. The number of aromatic nitrogens is 2. The summed E-state index contributed by atoms with van der Waals surface area (Å²) in [6, 6.07) is 15.1. The van der Waals surface area contributed by atoms with E-state index in [4.69, 9.17) is 32.7 Å². The van der Waals surface area contributed by atoms with Crippen LogP contribution < -0.4 is 10.1 Å². The van der Waals surface area contributed by atoms with Crippen LogP contribution in [0.5, 0.6) is 5.88 Å². The zero-order valence-corrected chi connectivity index (χ0v) is 26.1. The minimum atomic E-state index is -1.14. The van der Waals surface area contributed by atoms with Crippen molar-refractivity contribution in [3.8, 4) is 5.88 Å². The number of likely N-dealkylation sites (tertiary alicyclic amines) is 1. The predicted octanol–water partition coefficient (Wildman–Crippen LogP) is 7.15. The first-order valence-corrected chi connectivity index (χ1v) is 15.3. The topological polar surface area (TPSA) is 96.5 Å². The van der Waals surface area contributed by atoms with Gasteiger partial charge >= 0.3 is 5.97 Å². The molecule has 44 heavy (non-hydrogen) atoms. The van der Waals surface area contributed by atoms with Gasteiger partial charge in [0.25, 0.3) is 0 Å². The summed E-state index contributed by atoms with van der Waals surface area (Å²) in [6.07, 6.45) is 2.57. The highest BCUT2D eigenvalue weighted by Crippen LogP contribution is 2.49. The van der Waals surface area contributed by atoms with Crippen LogP contribution in [0.4, 0.5) is 10.1 Å². The van der Waals surface area contributed by atoms with Crippen molar-refractivity contribution in [2.45, 2.75) is 50.6 Å². The molecule has 1 aromatic heterocycles. The molecule has 2 N–H and O–H groups in total. The highest BCUT2D eigenvalue weighted by Gasteiger charge is 2.57. The van der Waals surface area contributed by atoms with Gasteiger partial charge in [0.05, 0.1) is 28.6 Å². The van der Waals surface area contributed by atoms with Crippen molar-refractivity contribution in [3.63, 3.8) is 0 Å². The molecule has 4 aromatic rings. The van der Waals surface area contributed by atoms with Crippen LogP contribution in [0.1, 0.15) is 53.6 Å². The molecule has 11 heteroatoms. The van der Waals surface area contributed by atoms with Gasteiger partial charge in [-0.3, -0.25) is 9.69 Å². The zero-order valence-electron chi connectivity index (χ0n) is 24.6. The number of nitrogens with one attached hydrogen (secondary N) is 2. The van der Waals surface area contributed by atoms with Gasteiger partial charge < -0.3 is 14.8 Å². The molecule has 2 fully saturated rings. The van der Waals surface area contributed by atoms with Gasteiger partial charge in [0.2, 0.25) is 11.8 Å². The number of amides is 1. The number of benzene rings is 3. The Morgan fingerprint density at radius 2 is 1.93 bits per heavy atom. The molecule has 1 saturated heterocycles. The normalized spacial score (nSPS) is 21.9. The van der Waals surface area contributed by atoms with E-state index in [0.29, 0.717) is 63.1 Å². The van der Waals surface area contributed by atoms with Crippen molar-refractivity contribution >= 4 is 51.7 Å². The Kier molecular flexibility index (Phi) is 8.30. The first-order chi connectivity index (χ1) is 21.1. The van der Waals surface area contributed by atoms with E-state index >= 15 is 4.39 Å². The maximum Gasteiger partial charge on any atom is 0.338 e. The van der Waals surface area contributed by atoms with E-state index in [1.54, 1.807) is 48.5 Å².